The maximum atomic E-state index is 12.9. The highest BCUT2D eigenvalue weighted by Crippen LogP contribution is 2.37. The molecule has 4 N–H and O–H groups in total. The van der Waals surface area contributed by atoms with E-state index in [1.54, 1.807) is 23.5 Å². The fourth-order valence-electron chi connectivity index (χ4n) is 3.35. The third-order valence-corrected chi connectivity index (χ3v) is 10.3. The highest BCUT2D eigenvalue weighted by Gasteiger charge is 2.40. The van der Waals surface area contributed by atoms with Crippen molar-refractivity contribution in [2.24, 2.45) is 22.3 Å². The van der Waals surface area contributed by atoms with Gasteiger partial charge in [-0.3, -0.25) is 9.59 Å². The molecule has 0 amide bonds. The molecule has 6 heteroatoms. The van der Waals surface area contributed by atoms with E-state index >= 15 is 0 Å². The Morgan fingerprint density at radius 1 is 0.735 bits per heavy atom. The van der Waals surface area contributed by atoms with E-state index in [1.165, 1.54) is 11.1 Å². The van der Waals surface area contributed by atoms with Gasteiger partial charge < -0.3 is 11.5 Å². The predicted molar refractivity (Wildman–Crippen MR) is 151 cm³/mol. The van der Waals surface area contributed by atoms with Gasteiger partial charge in [0.05, 0.1) is 12.1 Å². The number of carbonyl (C=O) groups excluding carboxylic acids is 2. The fourth-order valence-corrected chi connectivity index (χ4v) is 5.36. The minimum absolute atomic E-state index is 0.122. The smallest absolute Gasteiger partial charge is 0.156 e. The molecule has 0 aliphatic carbocycles. The van der Waals surface area contributed by atoms with Crippen LogP contribution in [0.2, 0.25) is 0 Å². The van der Waals surface area contributed by atoms with Gasteiger partial charge >= 0.3 is 0 Å². The van der Waals surface area contributed by atoms with Crippen LogP contribution in [-0.2, 0) is 21.1 Å². The third kappa shape index (κ3) is 8.11. The average molecular weight is 509 g/mol. The van der Waals surface area contributed by atoms with Gasteiger partial charge in [-0.2, -0.15) is 0 Å². The van der Waals surface area contributed by atoms with Crippen LogP contribution >= 0.6 is 23.5 Å². The minimum Gasteiger partial charge on any atom is -0.320 e. The summed E-state index contributed by atoms with van der Waals surface area (Å²) in [5.74, 6) is 1.81. The van der Waals surface area contributed by atoms with Gasteiger partial charge in [0.25, 0.3) is 0 Å². The van der Waals surface area contributed by atoms with E-state index in [2.05, 4.69) is 52.0 Å². The summed E-state index contributed by atoms with van der Waals surface area (Å²) in [5, 5.41) is 0. The van der Waals surface area contributed by atoms with Gasteiger partial charge in [-0.25, -0.2) is 0 Å². The quantitative estimate of drug-likeness (QED) is 0.303. The third-order valence-electron chi connectivity index (χ3n) is 7.38. The molecule has 0 aromatic heterocycles. The van der Waals surface area contributed by atoms with Crippen LogP contribution in [-0.4, -0.2) is 33.1 Å². The van der Waals surface area contributed by atoms with Gasteiger partial charge in [0, 0.05) is 31.8 Å². The van der Waals surface area contributed by atoms with Gasteiger partial charge in [0.15, 0.2) is 11.6 Å². The molecule has 0 spiro atoms. The lowest BCUT2D eigenvalue weighted by Gasteiger charge is -2.35. The van der Waals surface area contributed by atoms with Crippen molar-refractivity contribution >= 4 is 35.1 Å². The van der Waals surface area contributed by atoms with Crippen LogP contribution in [0.15, 0.2) is 24.3 Å². The largest absolute Gasteiger partial charge is 0.320 e. The molecule has 2 atom stereocenters. The van der Waals surface area contributed by atoms with Crippen LogP contribution in [0.4, 0.5) is 0 Å². The van der Waals surface area contributed by atoms with Crippen LogP contribution < -0.4 is 11.5 Å². The maximum absolute atomic E-state index is 12.9. The molecule has 1 rings (SSSR count). The lowest BCUT2D eigenvalue weighted by Crippen LogP contribution is -2.51. The molecule has 4 nitrogen and oxygen atoms in total. The summed E-state index contributed by atoms with van der Waals surface area (Å²) in [4.78, 5) is 25.8. The zero-order valence-electron chi connectivity index (χ0n) is 23.1. The minimum atomic E-state index is -0.515. The van der Waals surface area contributed by atoms with Crippen LogP contribution in [0.5, 0.6) is 0 Å². The molecule has 0 aliphatic heterocycles. The molecule has 0 radical (unpaired) electrons. The van der Waals surface area contributed by atoms with Crippen molar-refractivity contribution in [2.75, 3.05) is 0 Å². The first-order valence-electron chi connectivity index (χ1n) is 12.4. The van der Waals surface area contributed by atoms with E-state index in [4.69, 9.17) is 11.5 Å². The number of hydrogen-bond acceptors (Lipinski definition) is 6. The SMILES string of the molecule is CCC(C)(C)C(=O)C(N)C(C)(C)SCc1cccc(CSC(C)(C)C(N)C(=O)C(C)(C)CC)c1. The number of benzene rings is 1. The molecule has 1 aromatic rings. The predicted octanol–water partition coefficient (Wildman–Crippen LogP) is 6.38. The van der Waals surface area contributed by atoms with Gasteiger partial charge in [-0.1, -0.05) is 65.8 Å². The van der Waals surface area contributed by atoms with Crippen molar-refractivity contribution in [1.82, 2.24) is 0 Å². The second-order valence-electron chi connectivity index (χ2n) is 11.8. The van der Waals surface area contributed by atoms with E-state index in [-0.39, 0.29) is 21.1 Å². The average Bonchev–Trinajstić information content (AvgIpc) is 2.79. The summed E-state index contributed by atoms with van der Waals surface area (Å²) in [6, 6.07) is 7.48. The van der Waals surface area contributed by atoms with Gasteiger partial charge in [-0.05, 0) is 51.7 Å². The first-order chi connectivity index (χ1) is 15.4. The number of Topliss-reactive ketones (excluding diaryl/α,β-unsaturated/α-hetero) is 2. The number of rotatable bonds is 14. The summed E-state index contributed by atoms with van der Waals surface area (Å²) in [5.41, 5.74) is 14.4. The number of nitrogens with two attached hydrogens (primary N) is 2. The molecule has 0 heterocycles. The molecule has 194 valence electrons. The van der Waals surface area contributed by atoms with Crippen molar-refractivity contribution < 1.29 is 9.59 Å². The standard InChI is InChI=1S/C28H48N2O2S2/c1-11-25(3,4)23(31)21(29)27(7,8)33-17-19-14-13-15-20(16-19)18-34-28(9,10)22(30)24(32)26(5,6)12-2/h13-16,21-22H,11-12,17-18,29-30H2,1-10H3. The Morgan fingerprint density at radius 3 is 1.35 bits per heavy atom. The van der Waals surface area contributed by atoms with Crippen molar-refractivity contribution in [3.63, 3.8) is 0 Å². The zero-order valence-corrected chi connectivity index (χ0v) is 24.7. The van der Waals surface area contributed by atoms with Crippen molar-refractivity contribution in [2.45, 2.75) is 115 Å². The normalized spacial score (nSPS) is 15.2. The highest BCUT2D eigenvalue weighted by molar-refractivity contribution is 8.00. The zero-order chi connectivity index (χ0) is 26.5. The summed E-state index contributed by atoms with van der Waals surface area (Å²) < 4.78 is -0.731. The number of ketones is 2. The van der Waals surface area contributed by atoms with Gasteiger partial charge in [0.1, 0.15) is 0 Å². The second-order valence-corrected chi connectivity index (χ2v) is 15.0. The molecule has 0 saturated heterocycles. The highest BCUT2D eigenvalue weighted by atomic mass is 32.2. The summed E-state index contributed by atoms with van der Waals surface area (Å²) >= 11 is 3.45. The Labute approximate surface area is 217 Å². The van der Waals surface area contributed by atoms with Crippen LogP contribution in [0.1, 0.15) is 93.2 Å². The Bertz CT molecular complexity index is 781. The monoisotopic (exact) mass is 508 g/mol. The van der Waals surface area contributed by atoms with E-state index in [0.29, 0.717) is 0 Å². The molecular formula is C28H48N2O2S2. The van der Waals surface area contributed by atoms with Crippen LogP contribution in [0.25, 0.3) is 0 Å². The van der Waals surface area contributed by atoms with E-state index in [0.717, 1.165) is 24.3 Å². The fraction of sp³-hybridized carbons (Fsp3) is 0.714. The molecule has 1 aromatic carbocycles. The first kappa shape index (κ1) is 31.2. The Hall–Kier alpha value is -0.820. The molecule has 34 heavy (non-hydrogen) atoms. The number of thioether (sulfide) groups is 2. The van der Waals surface area contributed by atoms with Crippen LogP contribution in [0.3, 0.4) is 0 Å². The molecule has 0 aliphatic rings. The summed E-state index contributed by atoms with van der Waals surface area (Å²) in [7, 11) is 0. The van der Waals surface area contributed by atoms with Crippen LogP contribution in [0, 0.1) is 10.8 Å². The van der Waals surface area contributed by atoms with Gasteiger partial charge in [0.2, 0.25) is 0 Å². The molecule has 0 saturated carbocycles. The van der Waals surface area contributed by atoms with E-state index in [9.17, 15) is 9.59 Å². The van der Waals surface area contributed by atoms with Gasteiger partial charge in [-0.15, -0.1) is 23.5 Å². The van der Waals surface area contributed by atoms with Crippen molar-refractivity contribution in [1.29, 1.82) is 0 Å². The van der Waals surface area contributed by atoms with E-state index in [1.807, 2.05) is 41.5 Å². The Kier molecular flexibility index (Phi) is 11.0. The summed E-state index contributed by atoms with van der Waals surface area (Å²) in [6.45, 7) is 20.2. The topological polar surface area (TPSA) is 86.2 Å². The molecule has 0 bridgehead atoms. The second kappa shape index (κ2) is 11.9. The molecular weight excluding hydrogens is 460 g/mol. The number of hydrogen-bond donors (Lipinski definition) is 2. The first-order valence-corrected chi connectivity index (χ1v) is 14.3. The Morgan fingerprint density at radius 2 is 1.06 bits per heavy atom. The Balaban J connectivity index is 2.82. The molecule has 0 fully saturated rings. The number of carbonyl (C=O) groups is 2. The van der Waals surface area contributed by atoms with Crippen molar-refractivity contribution in [3.8, 4) is 0 Å². The van der Waals surface area contributed by atoms with Crippen molar-refractivity contribution in [3.05, 3.63) is 35.4 Å². The maximum Gasteiger partial charge on any atom is 0.156 e. The summed E-state index contributed by atoms with van der Waals surface area (Å²) in [6.07, 6.45) is 1.56. The molecule has 2 unspecified atom stereocenters. The lowest BCUT2D eigenvalue weighted by atomic mass is 9.79. The lowest BCUT2D eigenvalue weighted by molar-refractivity contribution is -0.129. The van der Waals surface area contributed by atoms with E-state index < -0.39 is 22.9 Å².